The number of benzene rings is 1. The van der Waals surface area contributed by atoms with Crippen molar-refractivity contribution in [3.63, 3.8) is 0 Å². The van der Waals surface area contributed by atoms with Gasteiger partial charge in [-0.1, -0.05) is 43.5 Å². The van der Waals surface area contributed by atoms with Crippen LogP contribution >= 0.6 is 0 Å². The van der Waals surface area contributed by atoms with E-state index < -0.39 is 0 Å². The molecule has 2 heteroatoms. The van der Waals surface area contributed by atoms with Crippen molar-refractivity contribution in [2.24, 2.45) is 11.8 Å². The molecular weight excluding hydrogens is 208 g/mol. The van der Waals surface area contributed by atoms with Gasteiger partial charge in [-0.25, -0.2) is 0 Å². The molecule has 2 aliphatic rings. The smallest absolute Gasteiger partial charge is 0.0465 e. The highest BCUT2D eigenvalue weighted by molar-refractivity contribution is 5.34. The second kappa shape index (κ2) is 4.79. The molecule has 1 aromatic carbocycles. The van der Waals surface area contributed by atoms with Gasteiger partial charge in [0.25, 0.3) is 0 Å². The molecule has 1 atom stereocenters. The first kappa shape index (κ1) is 11.2. The van der Waals surface area contributed by atoms with Gasteiger partial charge < -0.3 is 0 Å². The molecule has 0 spiro atoms. The van der Waals surface area contributed by atoms with E-state index in [-0.39, 0.29) is 0 Å². The number of rotatable bonds is 5. The van der Waals surface area contributed by atoms with E-state index in [4.69, 9.17) is 5.84 Å². The molecule has 0 bridgehead atoms. The molecule has 3 rings (SSSR count). The molecule has 17 heavy (non-hydrogen) atoms. The topological polar surface area (TPSA) is 38.0 Å². The molecule has 0 radical (unpaired) electrons. The first-order valence-electron chi connectivity index (χ1n) is 6.93. The molecule has 2 saturated carbocycles. The summed E-state index contributed by atoms with van der Waals surface area (Å²) in [7, 11) is 0. The van der Waals surface area contributed by atoms with E-state index in [1.165, 1.54) is 44.1 Å². The predicted octanol–water partition coefficient (Wildman–Crippen LogP) is 3.26. The fourth-order valence-electron chi connectivity index (χ4n) is 2.89. The average molecular weight is 230 g/mol. The zero-order chi connectivity index (χ0) is 11.7. The van der Waals surface area contributed by atoms with Crippen molar-refractivity contribution in [1.29, 1.82) is 0 Å². The van der Waals surface area contributed by atoms with Crippen LogP contribution in [0.3, 0.4) is 0 Å². The Kier molecular flexibility index (Phi) is 3.17. The van der Waals surface area contributed by atoms with Crippen LogP contribution in [-0.2, 0) is 0 Å². The number of hydrazine groups is 1. The summed E-state index contributed by atoms with van der Waals surface area (Å²) in [6.07, 6.45) is 8.10. The lowest BCUT2D eigenvalue weighted by atomic mass is 9.77. The maximum atomic E-state index is 5.76. The minimum absolute atomic E-state index is 0.360. The van der Waals surface area contributed by atoms with Crippen LogP contribution in [-0.4, -0.2) is 0 Å². The highest BCUT2D eigenvalue weighted by atomic mass is 15.2. The Labute approximate surface area is 104 Å². The van der Waals surface area contributed by atoms with E-state index in [0.29, 0.717) is 6.04 Å². The third-order valence-electron chi connectivity index (χ3n) is 4.38. The SMILES string of the molecule is NNC(CC1CC1)c1ccccc1C1CCC1. The normalized spacial score (nSPS) is 22.2. The van der Waals surface area contributed by atoms with Crippen molar-refractivity contribution in [3.05, 3.63) is 35.4 Å². The van der Waals surface area contributed by atoms with Crippen molar-refractivity contribution < 1.29 is 0 Å². The Bertz CT molecular complexity index is 380. The van der Waals surface area contributed by atoms with Gasteiger partial charge in [0.2, 0.25) is 0 Å². The summed E-state index contributed by atoms with van der Waals surface area (Å²) in [5.41, 5.74) is 6.03. The first-order chi connectivity index (χ1) is 8.38. The minimum atomic E-state index is 0.360. The molecule has 2 aliphatic carbocycles. The number of hydrogen-bond donors (Lipinski definition) is 2. The maximum absolute atomic E-state index is 5.76. The lowest BCUT2D eigenvalue weighted by Crippen LogP contribution is -2.30. The van der Waals surface area contributed by atoms with Crippen LogP contribution in [0.25, 0.3) is 0 Å². The Morgan fingerprint density at radius 1 is 1.18 bits per heavy atom. The zero-order valence-corrected chi connectivity index (χ0v) is 10.4. The van der Waals surface area contributed by atoms with Crippen LogP contribution in [0, 0.1) is 5.92 Å². The van der Waals surface area contributed by atoms with E-state index in [9.17, 15) is 0 Å². The van der Waals surface area contributed by atoms with Gasteiger partial charge in [0.1, 0.15) is 0 Å². The zero-order valence-electron chi connectivity index (χ0n) is 10.4. The van der Waals surface area contributed by atoms with Gasteiger partial charge in [-0.05, 0) is 42.2 Å². The second-order valence-corrected chi connectivity index (χ2v) is 5.66. The molecule has 1 unspecified atom stereocenters. The van der Waals surface area contributed by atoms with Crippen molar-refractivity contribution in [3.8, 4) is 0 Å². The van der Waals surface area contributed by atoms with Crippen molar-refractivity contribution >= 4 is 0 Å². The average Bonchev–Trinajstić information content (AvgIpc) is 3.08. The molecule has 0 aromatic heterocycles. The molecule has 0 amide bonds. The third-order valence-corrected chi connectivity index (χ3v) is 4.38. The lowest BCUT2D eigenvalue weighted by molar-refractivity contribution is 0.406. The molecule has 3 N–H and O–H groups in total. The van der Waals surface area contributed by atoms with Crippen LogP contribution in [0.1, 0.15) is 61.6 Å². The Morgan fingerprint density at radius 2 is 1.94 bits per heavy atom. The highest BCUT2D eigenvalue weighted by Crippen LogP contribution is 2.42. The minimum Gasteiger partial charge on any atom is -0.271 e. The summed E-state index contributed by atoms with van der Waals surface area (Å²) in [5, 5.41) is 0. The van der Waals surface area contributed by atoms with Gasteiger partial charge in [-0.2, -0.15) is 0 Å². The quantitative estimate of drug-likeness (QED) is 0.602. The molecule has 0 saturated heterocycles. The second-order valence-electron chi connectivity index (χ2n) is 5.66. The van der Waals surface area contributed by atoms with Crippen LogP contribution in [0.15, 0.2) is 24.3 Å². The van der Waals surface area contributed by atoms with Crippen LogP contribution in [0.4, 0.5) is 0 Å². The monoisotopic (exact) mass is 230 g/mol. The van der Waals surface area contributed by atoms with Crippen LogP contribution in [0.2, 0.25) is 0 Å². The number of nitrogens with one attached hydrogen (secondary N) is 1. The summed E-state index contributed by atoms with van der Waals surface area (Å²) in [6.45, 7) is 0. The predicted molar refractivity (Wildman–Crippen MR) is 70.4 cm³/mol. The molecular formula is C15H22N2. The Balaban J connectivity index is 1.82. The van der Waals surface area contributed by atoms with Gasteiger partial charge in [0, 0.05) is 6.04 Å². The van der Waals surface area contributed by atoms with Gasteiger partial charge in [-0.15, -0.1) is 0 Å². The van der Waals surface area contributed by atoms with Crippen LogP contribution < -0.4 is 11.3 Å². The highest BCUT2D eigenvalue weighted by Gasteiger charge is 2.29. The fourth-order valence-corrected chi connectivity index (χ4v) is 2.89. The standard InChI is InChI=1S/C15H22N2/c16-17-15(10-11-8-9-11)14-7-2-1-6-13(14)12-4-3-5-12/h1-2,6-7,11-12,15,17H,3-5,8-10,16H2. The van der Waals surface area contributed by atoms with Crippen molar-refractivity contribution in [2.75, 3.05) is 0 Å². The molecule has 0 heterocycles. The summed E-state index contributed by atoms with van der Waals surface area (Å²) in [5.74, 6) is 7.46. The largest absolute Gasteiger partial charge is 0.271 e. The van der Waals surface area contributed by atoms with E-state index in [0.717, 1.165) is 11.8 Å². The van der Waals surface area contributed by atoms with E-state index in [2.05, 4.69) is 29.7 Å². The van der Waals surface area contributed by atoms with Gasteiger partial charge >= 0.3 is 0 Å². The lowest BCUT2D eigenvalue weighted by Gasteiger charge is -2.30. The summed E-state index contributed by atoms with van der Waals surface area (Å²) in [4.78, 5) is 0. The van der Waals surface area contributed by atoms with E-state index in [1.807, 2.05) is 0 Å². The fraction of sp³-hybridized carbons (Fsp3) is 0.600. The summed E-state index contributed by atoms with van der Waals surface area (Å²) < 4.78 is 0. The molecule has 2 fully saturated rings. The van der Waals surface area contributed by atoms with Crippen molar-refractivity contribution in [2.45, 2.75) is 50.5 Å². The van der Waals surface area contributed by atoms with Crippen LogP contribution in [0.5, 0.6) is 0 Å². The van der Waals surface area contributed by atoms with Gasteiger partial charge in [-0.3, -0.25) is 11.3 Å². The summed E-state index contributed by atoms with van der Waals surface area (Å²) >= 11 is 0. The van der Waals surface area contributed by atoms with E-state index in [1.54, 1.807) is 5.56 Å². The Hall–Kier alpha value is -0.860. The number of nitrogens with two attached hydrogens (primary N) is 1. The Morgan fingerprint density at radius 3 is 2.53 bits per heavy atom. The van der Waals surface area contributed by atoms with E-state index >= 15 is 0 Å². The molecule has 92 valence electrons. The van der Waals surface area contributed by atoms with Gasteiger partial charge in [0.15, 0.2) is 0 Å². The first-order valence-corrected chi connectivity index (χ1v) is 6.93. The molecule has 0 aliphatic heterocycles. The molecule has 1 aromatic rings. The third kappa shape index (κ3) is 2.38. The van der Waals surface area contributed by atoms with Crippen molar-refractivity contribution in [1.82, 2.24) is 5.43 Å². The number of hydrogen-bond acceptors (Lipinski definition) is 2. The summed E-state index contributed by atoms with van der Waals surface area (Å²) in [6, 6.07) is 9.24. The maximum Gasteiger partial charge on any atom is 0.0465 e. The van der Waals surface area contributed by atoms with Gasteiger partial charge in [0.05, 0.1) is 0 Å². The molecule has 2 nitrogen and oxygen atoms in total.